The second-order valence-corrected chi connectivity index (χ2v) is 6.43. The van der Waals surface area contributed by atoms with Gasteiger partial charge in [-0.15, -0.1) is 0 Å². The summed E-state index contributed by atoms with van der Waals surface area (Å²) in [5.74, 6) is 0.606. The maximum atomic E-state index is 13.8. The van der Waals surface area contributed by atoms with Crippen molar-refractivity contribution in [2.75, 3.05) is 24.6 Å². The zero-order valence-electron chi connectivity index (χ0n) is 13.5. The first-order valence-electron chi connectivity index (χ1n) is 8.42. The van der Waals surface area contributed by atoms with Crippen LogP contribution in [0, 0.1) is 11.7 Å². The minimum absolute atomic E-state index is 0.0756. The molecule has 1 aromatic heterocycles. The number of rotatable bonds is 6. The summed E-state index contributed by atoms with van der Waals surface area (Å²) < 4.78 is 19.3. The van der Waals surface area contributed by atoms with Crippen LogP contribution in [0.15, 0.2) is 18.3 Å². The van der Waals surface area contributed by atoms with Crippen LogP contribution < -0.4 is 10.2 Å². The fourth-order valence-electron chi connectivity index (χ4n) is 3.44. The molecule has 5 nitrogen and oxygen atoms in total. The standard InChI is InChI=1S/C17H24FN3O2/c1-2-23-14-8-12(9-14)10-16(22)20-13-5-7-21(11-13)17-15(18)4-3-6-19-17/h3-4,6,12-14H,2,5,7-11H2,1H3,(H,20,22). The second kappa shape index (κ2) is 7.25. The Morgan fingerprint density at radius 3 is 3.09 bits per heavy atom. The molecule has 2 fully saturated rings. The highest BCUT2D eigenvalue weighted by molar-refractivity contribution is 5.76. The van der Waals surface area contributed by atoms with E-state index in [2.05, 4.69) is 10.3 Å². The van der Waals surface area contributed by atoms with Crippen LogP contribution >= 0.6 is 0 Å². The molecule has 0 bridgehead atoms. The fourth-order valence-corrected chi connectivity index (χ4v) is 3.44. The molecule has 23 heavy (non-hydrogen) atoms. The third-order valence-electron chi connectivity index (χ3n) is 4.66. The molecule has 1 aliphatic heterocycles. The summed E-state index contributed by atoms with van der Waals surface area (Å²) in [6.07, 6.45) is 5.29. The fraction of sp³-hybridized carbons (Fsp3) is 0.647. The van der Waals surface area contributed by atoms with E-state index in [1.165, 1.54) is 6.07 Å². The number of anilines is 1. The Bertz CT molecular complexity index is 548. The third-order valence-corrected chi connectivity index (χ3v) is 4.66. The maximum Gasteiger partial charge on any atom is 0.220 e. The number of carbonyl (C=O) groups excluding carboxylic acids is 1. The molecule has 6 heteroatoms. The number of hydrogen-bond acceptors (Lipinski definition) is 4. The molecule has 1 aromatic rings. The summed E-state index contributed by atoms with van der Waals surface area (Å²) in [6.45, 7) is 4.07. The first kappa shape index (κ1) is 16.2. The Morgan fingerprint density at radius 2 is 2.35 bits per heavy atom. The summed E-state index contributed by atoms with van der Waals surface area (Å²) in [5.41, 5.74) is 0. The number of ether oxygens (including phenoxy) is 1. The molecule has 3 rings (SSSR count). The maximum absolute atomic E-state index is 13.8. The smallest absolute Gasteiger partial charge is 0.220 e. The first-order chi connectivity index (χ1) is 11.2. The van der Waals surface area contributed by atoms with E-state index in [1.807, 2.05) is 11.8 Å². The van der Waals surface area contributed by atoms with Crippen molar-refractivity contribution in [1.29, 1.82) is 0 Å². The number of aromatic nitrogens is 1. The van der Waals surface area contributed by atoms with Gasteiger partial charge >= 0.3 is 0 Å². The Labute approximate surface area is 136 Å². The minimum atomic E-state index is -0.309. The van der Waals surface area contributed by atoms with Gasteiger partial charge in [-0.25, -0.2) is 9.37 Å². The van der Waals surface area contributed by atoms with Gasteiger partial charge in [0.25, 0.3) is 0 Å². The van der Waals surface area contributed by atoms with E-state index in [9.17, 15) is 9.18 Å². The van der Waals surface area contributed by atoms with Gasteiger partial charge in [0.15, 0.2) is 11.6 Å². The summed E-state index contributed by atoms with van der Waals surface area (Å²) in [7, 11) is 0. The van der Waals surface area contributed by atoms with Crippen LogP contribution in [0.4, 0.5) is 10.2 Å². The average molecular weight is 321 g/mol. The molecule has 1 amide bonds. The van der Waals surface area contributed by atoms with E-state index in [1.54, 1.807) is 12.3 Å². The van der Waals surface area contributed by atoms with E-state index in [4.69, 9.17) is 4.74 Å². The molecule has 2 heterocycles. The van der Waals surface area contributed by atoms with Gasteiger partial charge in [-0.05, 0) is 44.2 Å². The van der Waals surface area contributed by atoms with Gasteiger partial charge in [0.1, 0.15) is 0 Å². The van der Waals surface area contributed by atoms with Crippen molar-refractivity contribution < 1.29 is 13.9 Å². The van der Waals surface area contributed by atoms with Crippen LogP contribution in [0.25, 0.3) is 0 Å². The molecule has 2 aliphatic rings. The van der Waals surface area contributed by atoms with E-state index in [0.29, 0.717) is 37.4 Å². The topological polar surface area (TPSA) is 54.5 Å². The Kier molecular flexibility index (Phi) is 5.10. The number of amides is 1. The van der Waals surface area contributed by atoms with Gasteiger partial charge in [0.2, 0.25) is 5.91 Å². The molecule has 0 spiro atoms. The van der Waals surface area contributed by atoms with Crippen LogP contribution in [0.2, 0.25) is 0 Å². The summed E-state index contributed by atoms with van der Waals surface area (Å²) >= 11 is 0. The molecule has 1 aliphatic carbocycles. The quantitative estimate of drug-likeness (QED) is 0.872. The third kappa shape index (κ3) is 3.99. The van der Waals surface area contributed by atoms with Gasteiger partial charge in [-0.2, -0.15) is 0 Å². The zero-order chi connectivity index (χ0) is 16.2. The second-order valence-electron chi connectivity index (χ2n) is 6.43. The number of nitrogens with one attached hydrogen (secondary N) is 1. The van der Waals surface area contributed by atoms with Crippen molar-refractivity contribution in [3.8, 4) is 0 Å². The molecule has 1 N–H and O–H groups in total. The highest BCUT2D eigenvalue weighted by Gasteiger charge is 2.32. The van der Waals surface area contributed by atoms with E-state index >= 15 is 0 Å². The molecule has 0 radical (unpaired) electrons. The van der Waals surface area contributed by atoms with E-state index in [-0.39, 0.29) is 17.8 Å². The van der Waals surface area contributed by atoms with Crippen LogP contribution in [-0.4, -0.2) is 42.7 Å². The predicted octanol–water partition coefficient (Wildman–Crippen LogP) is 2.12. The molecular weight excluding hydrogens is 297 g/mol. The highest BCUT2D eigenvalue weighted by atomic mass is 19.1. The lowest BCUT2D eigenvalue weighted by Gasteiger charge is -2.34. The van der Waals surface area contributed by atoms with Crippen LogP contribution in [-0.2, 0) is 9.53 Å². The minimum Gasteiger partial charge on any atom is -0.378 e. The molecule has 1 saturated heterocycles. The molecule has 1 unspecified atom stereocenters. The molecule has 1 saturated carbocycles. The highest BCUT2D eigenvalue weighted by Crippen LogP contribution is 2.32. The number of halogens is 1. The van der Waals surface area contributed by atoms with Crippen LogP contribution in [0.5, 0.6) is 0 Å². The van der Waals surface area contributed by atoms with Gasteiger partial charge in [0.05, 0.1) is 6.10 Å². The van der Waals surface area contributed by atoms with Gasteiger partial charge in [-0.1, -0.05) is 0 Å². The van der Waals surface area contributed by atoms with E-state index < -0.39 is 0 Å². The van der Waals surface area contributed by atoms with Gasteiger partial charge in [-0.3, -0.25) is 4.79 Å². The number of carbonyl (C=O) groups is 1. The SMILES string of the molecule is CCOC1CC(CC(=O)NC2CCN(c3ncccc3F)C2)C1. The summed E-state index contributed by atoms with van der Waals surface area (Å²) in [5, 5.41) is 3.07. The normalized spacial score (nSPS) is 26.9. The Hall–Kier alpha value is -1.69. The van der Waals surface area contributed by atoms with Crippen molar-refractivity contribution in [3.63, 3.8) is 0 Å². The lowest BCUT2D eigenvalue weighted by Crippen LogP contribution is -2.40. The Balaban J connectivity index is 1.42. The number of nitrogens with zero attached hydrogens (tertiary/aromatic N) is 2. The molecular formula is C17H24FN3O2. The summed E-state index contributed by atoms with van der Waals surface area (Å²) in [4.78, 5) is 18.1. The van der Waals surface area contributed by atoms with Gasteiger partial charge in [0, 0.05) is 38.4 Å². The zero-order valence-corrected chi connectivity index (χ0v) is 13.5. The number of pyridine rings is 1. The van der Waals surface area contributed by atoms with Crippen LogP contribution in [0.1, 0.15) is 32.6 Å². The lowest BCUT2D eigenvalue weighted by molar-refractivity contribution is -0.124. The van der Waals surface area contributed by atoms with Crippen molar-refractivity contribution in [1.82, 2.24) is 10.3 Å². The Morgan fingerprint density at radius 1 is 1.52 bits per heavy atom. The molecule has 1 atom stereocenters. The van der Waals surface area contributed by atoms with Crippen molar-refractivity contribution in [3.05, 3.63) is 24.1 Å². The van der Waals surface area contributed by atoms with E-state index in [0.717, 1.165) is 25.9 Å². The van der Waals surface area contributed by atoms with Crippen molar-refractivity contribution in [2.24, 2.45) is 5.92 Å². The average Bonchev–Trinajstić information content (AvgIpc) is 2.94. The lowest BCUT2D eigenvalue weighted by atomic mass is 9.80. The largest absolute Gasteiger partial charge is 0.378 e. The van der Waals surface area contributed by atoms with Crippen LogP contribution in [0.3, 0.4) is 0 Å². The molecule has 126 valence electrons. The number of hydrogen-bond donors (Lipinski definition) is 1. The van der Waals surface area contributed by atoms with Gasteiger partial charge < -0.3 is 15.0 Å². The monoisotopic (exact) mass is 321 g/mol. The predicted molar refractivity (Wildman–Crippen MR) is 85.7 cm³/mol. The van der Waals surface area contributed by atoms with Crippen molar-refractivity contribution >= 4 is 11.7 Å². The van der Waals surface area contributed by atoms with Crippen molar-refractivity contribution in [2.45, 2.75) is 44.8 Å². The summed E-state index contributed by atoms with van der Waals surface area (Å²) in [6, 6.07) is 3.08. The molecule has 0 aromatic carbocycles. The first-order valence-corrected chi connectivity index (χ1v) is 8.42.